The molecular formula is C24H29N5O4S. The van der Waals surface area contributed by atoms with Gasteiger partial charge in [0.15, 0.2) is 11.0 Å². The van der Waals surface area contributed by atoms with E-state index in [9.17, 15) is 9.59 Å². The van der Waals surface area contributed by atoms with E-state index < -0.39 is 0 Å². The summed E-state index contributed by atoms with van der Waals surface area (Å²) in [7, 11) is 1.58. The van der Waals surface area contributed by atoms with Gasteiger partial charge in [0.05, 0.1) is 31.2 Å². The van der Waals surface area contributed by atoms with Gasteiger partial charge in [0, 0.05) is 12.1 Å². The van der Waals surface area contributed by atoms with Crippen LogP contribution in [-0.4, -0.2) is 46.0 Å². The number of methoxy groups -OCH3 is 1. The van der Waals surface area contributed by atoms with Crippen LogP contribution in [0.15, 0.2) is 53.7 Å². The van der Waals surface area contributed by atoms with Gasteiger partial charge < -0.3 is 24.7 Å². The molecule has 2 amide bonds. The number of benzene rings is 2. The topological polar surface area (TPSA) is 107 Å². The highest BCUT2D eigenvalue weighted by Gasteiger charge is 2.20. The van der Waals surface area contributed by atoms with Crippen LogP contribution >= 0.6 is 11.8 Å². The molecule has 0 saturated carbocycles. The van der Waals surface area contributed by atoms with Crippen LogP contribution in [0.5, 0.6) is 11.5 Å². The van der Waals surface area contributed by atoms with Crippen molar-refractivity contribution in [2.24, 2.45) is 0 Å². The number of hydrogen-bond donors (Lipinski definition) is 2. The Morgan fingerprint density at radius 1 is 1.09 bits per heavy atom. The van der Waals surface area contributed by atoms with Crippen molar-refractivity contribution < 1.29 is 19.1 Å². The van der Waals surface area contributed by atoms with Crippen molar-refractivity contribution in [1.29, 1.82) is 0 Å². The first-order valence-corrected chi connectivity index (χ1v) is 12.0. The van der Waals surface area contributed by atoms with Crippen molar-refractivity contribution in [3.8, 4) is 11.5 Å². The van der Waals surface area contributed by atoms with Gasteiger partial charge in [0.25, 0.3) is 5.91 Å². The molecule has 0 fully saturated rings. The predicted molar refractivity (Wildman–Crippen MR) is 132 cm³/mol. The SMILES string of the molecule is CCOc1ccccc1NC(=O)CSc1nnc(C(C)NC(=O)c2ccc(OC)cc2)n1CC. The molecule has 34 heavy (non-hydrogen) atoms. The van der Waals surface area contributed by atoms with E-state index in [-0.39, 0.29) is 23.6 Å². The van der Waals surface area contributed by atoms with E-state index in [1.807, 2.05) is 43.5 Å². The Kier molecular flexibility index (Phi) is 8.92. The highest BCUT2D eigenvalue weighted by Crippen LogP contribution is 2.25. The smallest absolute Gasteiger partial charge is 0.251 e. The summed E-state index contributed by atoms with van der Waals surface area (Å²) in [5, 5.41) is 14.9. The van der Waals surface area contributed by atoms with Crippen molar-refractivity contribution in [2.45, 2.75) is 38.5 Å². The minimum Gasteiger partial charge on any atom is -0.497 e. The maximum absolute atomic E-state index is 12.6. The molecule has 180 valence electrons. The number of aromatic nitrogens is 3. The zero-order chi connectivity index (χ0) is 24.5. The zero-order valence-electron chi connectivity index (χ0n) is 19.7. The Morgan fingerprint density at radius 3 is 2.50 bits per heavy atom. The van der Waals surface area contributed by atoms with Crippen molar-refractivity contribution in [1.82, 2.24) is 20.1 Å². The molecule has 0 saturated heterocycles. The second-order valence-electron chi connectivity index (χ2n) is 7.27. The fraction of sp³-hybridized carbons (Fsp3) is 0.333. The zero-order valence-corrected chi connectivity index (χ0v) is 20.5. The summed E-state index contributed by atoms with van der Waals surface area (Å²) in [4.78, 5) is 25.1. The van der Waals surface area contributed by atoms with E-state index in [2.05, 4.69) is 20.8 Å². The quantitative estimate of drug-likeness (QED) is 0.398. The summed E-state index contributed by atoms with van der Waals surface area (Å²) in [5.41, 5.74) is 1.15. The molecule has 2 N–H and O–H groups in total. The first kappa shape index (κ1) is 25.1. The lowest BCUT2D eigenvalue weighted by molar-refractivity contribution is -0.113. The number of amides is 2. The third kappa shape index (κ3) is 6.28. The third-order valence-electron chi connectivity index (χ3n) is 4.94. The molecule has 9 nitrogen and oxygen atoms in total. The molecule has 1 unspecified atom stereocenters. The van der Waals surface area contributed by atoms with Crippen molar-refractivity contribution >= 4 is 29.3 Å². The van der Waals surface area contributed by atoms with Crippen LogP contribution in [0, 0.1) is 0 Å². The van der Waals surface area contributed by atoms with Crippen LogP contribution in [0.4, 0.5) is 5.69 Å². The summed E-state index contributed by atoms with van der Waals surface area (Å²) in [6.07, 6.45) is 0. The molecule has 3 rings (SSSR count). The van der Waals surface area contributed by atoms with Gasteiger partial charge in [-0.3, -0.25) is 9.59 Å². The maximum Gasteiger partial charge on any atom is 0.251 e. The van der Waals surface area contributed by atoms with Crippen LogP contribution in [0.25, 0.3) is 0 Å². The van der Waals surface area contributed by atoms with E-state index >= 15 is 0 Å². The van der Waals surface area contributed by atoms with E-state index in [1.165, 1.54) is 11.8 Å². The number of anilines is 1. The van der Waals surface area contributed by atoms with Gasteiger partial charge in [-0.1, -0.05) is 23.9 Å². The minimum atomic E-state index is -0.372. The highest BCUT2D eigenvalue weighted by atomic mass is 32.2. The van der Waals surface area contributed by atoms with Gasteiger partial charge in [-0.05, 0) is 57.2 Å². The number of carbonyl (C=O) groups excluding carboxylic acids is 2. The Labute approximate surface area is 203 Å². The van der Waals surface area contributed by atoms with Crippen LogP contribution in [0.2, 0.25) is 0 Å². The molecule has 0 bridgehead atoms. The first-order valence-electron chi connectivity index (χ1n) is 11.0. The molecule has 0 radical (unpaired) electrons. The molecule has 0 aliphatic rings. The molecule has 10 heteroatoms. The van der Waals surface area contributed by atoms with Gasteiger partial charge in [0.1, 0.15) is 11.5 Å². The normalized spacial score (nSPS) is 11.5. The van der Waals surface area contributed by atoms with E-state index in [0.717, 1.165) is 0 Å². The van der Waals surface area contributed by atoms with Crippen LogP contribution in [0.3, 0.4) is 0 Å². The Bertz CT molecular complexity index is 1120. The van der Waals surface area contributed by atoms with Crippen molar-refractivity contribution in [2.75, 3.05) is 24.8 Å². The van der Waals surface area contributed by atoms with E-state index in [0.29, 0.717) is 46.9 Å². The van der Waals surface area contributed by atoms with Gasteiger partial charge in [-0.2, -0.15) is 0 Å². The molecule has 2 aromatic carbocycles. The first-order chi connectivity index (χ1) is 16.5. The number of para-hydroxylation sites is 2. The Balaban J connectivity index is 1.62. The molecule has 1 heterocycles. The fourth-order valence-corrected chi connectivity index (χ4v) is 4.09. The number of nitrogens with one attached hydrogen (secondary N) is 2. The van der Waals surface area contributed by atoms with Gasteiger partial charge in [-0.15, -0.1) is 10.2 Å². The number of rotatable bonds is 11. The molecule has 3 aromatic rings. The van der Waals surface area contributed by atoms with E-state index in [4.69, 9.17) is 9.47 Å². The second kappa shape index (κ2) is 12.1. The highest BCUT2D eigenvalue weighted by molar-refractivity contribution is 7.99. The lowest BCUT2D eigenvalue weighted by atomic mass is 10.2. The molecule has 0 aliphatic heterocycles. The lowest BCUT2D eigenvalue weighted by Crippen LogP contribution is -2.28. The Morgan fingerprint density at radius 2 is 1.82 bits per heavy atom. The molecule has 1 aromatic heterocycles. The summed E-state index contributed by atoms with van der Waals surface area (Å²) in [5.74, 6) is 1.69. The monoisotopic (exact) mass is 483 g/mol. The van der Waals surface area contributed by atoms with Crippen LogP contribution < -0.4 is 20.1 Å². The summed E-state index contributed by atoms with van der Waals surface area (Å²) >= 11 is 1.29. The van der Waals surface area contributed by atoms with Gasteiger partial charge in [-0.25, -0.2) is 0 Å². The lowest BCUT2D eigenvalue weighted by Gasteiger charge is -2.15. The average molecular weight is 484 g/mol. The van der Waals surface area contributed by atoms with Gasteiger partial charge >= 0.3 is 0 Å². The average Bonchev–Trinajstić information content (AvgIpc) is 3.27. The third-order valence-corrected chi connectivity index (χ3v) is 5.91. The number of hydrogen-bond acceptors (Lipinski definition) is 7. The van der Waals surface area contributed by atoms with E-state index in [1.54, 1.807) is 37.4 Å². The second-order valence-corrected chi connectivity index (χ2v) is 8.22. The molecule has 0 aliphatic carbocycles. The van der Waals surface area contributed by atoms with Crippen LogP contribution in [0.1, 0.15) is 43.0 Å². The number of thioether (sulfide) groups is 1. The molecule has 0 spiro atoms. The van der Waals surface area contributed by atoms with Gasteiger partial charge in [0.2, 0.25) is 5.91 Å². The molecule has 1 atom stereocenters. The minimum absolute atomic E-state index is 0.158. The summed E-state index contributed by atoms with van der Waals surface area (Å²) in [6, 6.07) is 13.8. The summed E-state index contributed by atoms with van der Waals surface area (Å²) in [6.45, 7) is 6.82. The largest absolute Gasteiger partial charge is 0.497 e. The number of ether oxygens (including phenoxy) is 2. The Hall–Kier alpha value is -3.53. The number of nitrogens with zero attached hydrogens (tertiary/aromatic N) is 3. The standard InChI is InChI=1S/C24H29N5O4S/c1-5-29-22(16(3)25-23(31)17-11-13-18(32-4)14-12-17)27-28-24(29)34-15-21(30)26-19-9-7-8-10-20(19)33-6-2/h7-14,16H,5-6,15H2,1-4H3,(H,25,31)(H,26,30). The summed E-state index contributed by atoms with van der Waals surface area (Å²) < 4.78 is 12.6. The fourth-order valence-electron chi connectivity index (χ4n) is 3.28. The predicted octanol–water partition coefficient (Wildman–Crippen LogP) is 3.93. The van der Waals surface area contributed by atoms with Crippen molar-refractivity contribution in [3.63, 3.8) is 0 Å². The van der Waals surface area contributed by atoms with Crippen LogP contribution in [-0.2, 0) is 11.3 Å². The van der Waals surface area contributed by atoms with Crippen molar-refractivity contribution in [3.05, 3.63) is 59.9 Å². The molecular weight excluding hydrogens is 454 g/mol. The maximum atomic E-state index is 12.6. The number of carbonyl (C=O) groups is 2.